The number of aryl methyl sites for hydroxylation is 1. The summed E-state index contributed by atoms with van der Waals surface area (Å²) in [6.45, 7) is 13.0. The van der Waals surface area contributed by atoms with E-state index >= 15 is 0 Å². The molecule has 2 rings (SSSR count). The molecule has 0 aliphatic heterocycles. The molecule has 0 bridgehead atoms. The number of nitrogens with zero attached hydrogens (tertiary/aromatic N) is 1. The summed E-state index contributed by atoms with van der Waals surface area (Å²) >= 11 is 0.741. The normalized spacial score (nSPS) is 14.1. The van der Waals surface area contributed by atoms with Crippen LogP contribution in [0.3, 0.4) is 0 Å². The van der Waals surface area contributed by atoms with Crippen LogP contribution in [0.2, 0.25) is 0 Å². The molecule has 1 atom stereocenters. The summed E-state index contributed by atoms with van der Waals surface area (Å²) in [6, 6.07) is 4.13. The second-order valence-corrected chi connectivity index (χ2v) is 11.6. The molecule has 1 aromatic heterocycles. The van der Waals surface area contributed by atoms with E-state index in [4.69, 9.17) is 5.14 Å². The molecule has 166 valence electrons. The lowest BCUT2D eigenvalue weighted by molar-refractivity contribution is 0.0823. The van der Waals surface area contributed by atoms with E-state index in [1.54, 1.807) is 0 Å². The predicted molar refractivity (Wildman–Crippen MR) is 121 cm³/mol. The highest BCUT2D eigenvalue weighted by Gasteiger charge is 2.26. The Balaban J connectivity index is 2.50. The molecule has 0 radical (unpaired) electrons. The fourth-order valence-corrected chi connectivity index (χ4v) is 5.39. The van der Waals surface area contributed by atoms with Crippen molar-refractivity contribution in [3.63, 3.8) is 0 Å². The fourth-order valence-electron chi connectivity index (χ4n) is 3.05. The molecule has 0 aliphatic carbocycles. The number of nitrogens with one attached hydrogen (secondary N) is 1. The average Bonchev–Trinajstić information content (AvgIpc) is 2.98. The highest BCUT2D eigenvalue weighted by molar-refractivity contribution is 7.93. The van der Waals surface area contributed by atoms with Gasteiger partial charge in [0.1, 0.15) is 0 Å². The molecular weight excluding hydrogens is 425 g/mol. The Morgan fingerprint density at radius 2 is 1.70 bits per heavy atom. The Bertz CT molecular complexity index is 1050. The van der Waals surface area contributed by atoms with Crippen LogP contribution in [0.5, 0.6) is 0 Å². The molecule has 2 amide bonds. The van der Waals surface area contributed by atoms with E-state index in [1.165, 1.54) is 13.8 Å². The minimum absolute atomic E-state index is 0.129. The van der Waals surface area contributed by atoms with Crippen molar-refractivity contribution in [3.05, 3.63) is 45.6 Å². The zero-order valence-corrected chi connectivity index (χ0v) is 20.0. The largest absolute Gasteiger partial charge is 0.385 e. The van der Waals surface area contributed by atoms with Crippen molar-refractivity contribution < 1.29 is 18.5 Å². The van der Waals surface area contributed by atoms with Gasteiger partial charge >= 0.3 is 6.03 Å². The first-order valence-electron chi connectivity index (χ1n) is 9.66. The van der Waals surface area contributed by atoms with Crippen LogP contribution < -0.4 is 10.5 Å². The Hall–Kier alpha value is -1.81. The van der Waals surface area contributed by atoms with E-state index in [2.05, 4.69) is 9.68 Å². The monoisotopic (exact) mass is 455 g/mol. The van der Waals surface area contributed by atoms with E-state index in [9.17, 15) is 18.5 Å². The average molecular weight is 456 g/mol. The van der Waals surface area contributed by atoms with Crippen LogP contribution in [-0.4, -0.2) is 15.3 Å². The SMILES string of the molecule is Cc1cc(C(C)C)c(NC(=O)N=[S@@](N)(=O)c2sc(C(C)(C)O)cc2F)c(C(C)C)c1. The molecule has 0 fully saturated rings. The molecule has 4 N–H and O–H groups in total. The number of carbonyl (C=O) groups is 1. The van der Waals surface area contributed by atoms with Gasteiger partial charge in [-0.25, -0.2) is 18.5 Å². The van der Waals surface area contributed by atoms with Crippen molar-refractivity contribution in [2.75, 3.05) is 5.32 Å². The van der Waals surface area contributed by atoms with E-state index in [0.717, 1.165) is 34.1 Å². The van der Waals surface area contributed by atoms with E-state index in [1.807, 2.05) is 46.8 Å². The van der Waals surface area contributed by atoms with Gasteiger partial charge in [0, 0.05) is 10.6 Å². The van der Waals surface area contributed by atoms with Crippen LogP contribution in [0.25, 0.3) is 0 Å². The van der Waals surface area contributed by atoms with Crippen molar-refractivity contribution in [2.45, 2.75) is 70.1 Å². The highest BCUT2D eigenvalue weighted by atomic mass is 32.2. The van der Waals surface area contributed by atoms with Gasteiger partial charge in [0.25, 0.3) is 0 Å². The fraction of sp³-hybridized carbons (Fsp3) is 0.476. The second kappa shape index (κ2) is 8.74. The minimum Gasteiger partial charge on any atom is -0.385 e. The number of benzene rings is 1. The van der Waals surface area contributed by atoms with Crippen LogP contribution in [-0.2, 0) is 15.5 Å². The minimum atomic E-state index is -3.83. The number of rotatable bonds is 5. The van der Waals surface area contributed by atoms with E-state index in [-0.39, 0.29) is 20.9 Å². The van der Waals surface area contributed by atoms with Crippen LogP contribution in [0.15, 0.2) is 26.8 Å². The first kappa shape index (κ1) is 24.5. The standard InChI is InChI=1S/C21H30FN3O3S2/c1-11(2)14-8-13(5)9-15(12(3)4)18(14)24-20(26)25-30(23,28)19-16(22)10-17(29-19)21(6,7)27/h8-12,27H,1-7H3,(H3,23,24,25,26,28)/t30-/m1/s1. The molecule has 0 saturated heterocycles. The van der Waals surface area contributed by atoms with Gasteiger partial charge in [-0.05, 0) is 49.8 Å². The summed E-state index contributed by atoms with van der Waals surface area (Å²) in [4.78, 5) is 12.9. The molecular formula is C21H30FN3O3S2. The number of thiophene rings is 1. The number of hydrogen-bond donors (Lipinski definition) is 3. The number of hydrogen-bond acceptors (Lipinski definition) is 4. The third-order valence-electron chi connectivity index (χ3n) is 4.56. The van der Waals surface area contributed by atoms with Gasteiger partial charge in [0.05, 0.1) is 5.60 Å². The molecule has 1 aromatic carbocycles. The number of carbonyl (C=O) groups excluding carboxylic acids is 1. The summed E-state index contributed by atoms with van der Waals surface area (Å²) in [5.74, 6) is -0.602. The van der Waals surface area contributed by atoms with Crippen LogP contribution in [0.1, 0.15) is 74.9 Å². The zero-order chi connectivity index (χ0) is 23.0. The summed E-state index contributed by atoms with van der Waals surface area (Å²) in [6.07, 6.45) is 0. The number of halogens is 1. The summed E-state index contributed by atoms with van der Waals surface area (Å²) in [5, 5.41) is 18.5. The van der Waals surface area contributed by atoms with Crippen molar-refractivity contribution in [3.8, 4) is 0 Å². The molecule has 0 aliphatic rings. The first-order valence-corrected chi connectivity index (χ1v) is 12.1. The molecule has 0 saturated carbocycles. The smallest absolute Gasteiger partial charge is 0.354 e. The summed E-state index contributed by atoms with van der Waals surface area (Å²) in [5.41, 5.74) is 2.20. The topological polar surface area (TPSA) is 105 Å². The molecule has 30 heavy (non-hydrogen) atoms. The zero-order valence-electron chi connectivity index (χ0n) is 18.4. The first-order chi connectivity index (χ1) is 13.6. The molecule has 0 spiro atoms. The van der Waals surface area contributed by atoms with Gasteiger partial charge in [-0.3, -0.25) is 0 Å². The molecule has 6 nitrogen and oxygen atoms in total. The van der Waals surface area contributed by atoms with Crippen molar-refractivity contribution in [2.24, 2.45) is 9.50 Å². The maximum Gasteiger partial charge on any atom is 0.354 e. The Kier molecular flexibility index (Phi) is 7.13. The molecule has 0 unspecified atom stereocenters. The van der Waals surface area contributed by atoms with Gasteiger partial charge < -0.3 is 10.4 Å². The van der Waals surface area contributed by atoms with E-state index in [0.29, 0.717) is 5.69 Å². The predicted octanol–water partition coefficient (Wildman–Crippen LogP) is 5.60. The third-order valence-corrected chi connectivity index (χ3v) is 7.91. The van der Waals surface area contributed by atoms with E-state index < -0.39 is 27.4 Å². The molecule has 9 heteroatoms. The summed E-state index contributed by atoms with van der Waals surface area (Å²) in [7, 11) is -3.83. The number of amides is 2. The number of nitrogens with two attached hydrogens (primary N) is 1. The highest BCUT2D eigenvalue weighted by Crippen LogP contribution is 2.35. The van der Waals surface area contributed by atoms with Crippen LogP contribution in [0, 0.1) is 12.7 Å². The number of aliphatic hydroxyl groups is 1. The molecule has 1 heterocycles. The quantitative estimate of drug-likeness (QED) is 0.546. The third kappa shape index (κ3) is 5.46. The lowest BCUT2D eigenvalue weighted by Crippen LogP contribution is -2.19. The van der Waals surface area contributed by atoms with Crippen molar-refractivity contribution in [1.29, 1.82) is 0 Å². The Morgan fingerprint density at radius 1 is 1.20 bits per heavy atom. The van der Waals surface area contributed by atoms with Gasteiger partial charge in [0.2, 0.25) is 0 Å². The Morgan fingerprint density at radius 3 is 2.10 bits per heavy atom. The molecule has 2 aromatic rings. The van der Waals surface area contributed by atoms with Gasteiger partial charge in [0.15, 0.2) is 19.9 Å². The van der Waals surface area contributed by atoms with Gasteiger partial charge in [-0.2, -0.15) is 0 Å². The maximum absolute atomic E-state index is 14.3. The van der Waals surface area contributed by atoms with Gasteiger partial charge in [-0.1, -0.05) is 45.4 Å². The maximum atomic E-state index is 14.3. The Labute approximate surface area is 182 Å². The summed E-state index contributed by atoms with van der Waals surface area (Å²) < 4.78 is 30.5. The lowest BCUT2D eigenvalue weighted by Gasteiger charge is -2.20. The second-order valence-electron chi connectivity index (χ2n) is 8.52. The lowest BCUT2D eigenvalue weighted by atomic mass is 9.90. The number of urea groups is 1. The van der Waals surface area contributed by atoms with Gasteiger partial charge in [-0.15, -0.1) is 15.7 Å². The van der Waals surface area contributed by atoms with Crippen LogP contribution in [0.4, 0.5) is 14.9 Å². The number of anilines is 1. The van der Waals surface area contributed by atoms with Crippen molar-refractivity contribution >= 4 is 33.0 Å². The van der Waals surface area contributed by atoms with Crippen molar-refractivity contribution in [1.82, 2.24) is 0 Å². The van der Waals surface area contributed by atoms with Crippen LogP contribution >= 0.6 is 11.3 Å².